The third-order valence-corrected chi connectivity index (χ3v) is 6.28. The minimum absolute atomic E-state index is 0.550. The maximum Gasteiger partial charge on any atom is 0.178 e. The number of likely N-dealkylation sites (N-methyl/N-ethyl adjacent to an activating group) is 1. The van der Waals surface area contributed by atoms with Crippen molar-refractivity contribution in [2.75, 3.05) is 25.0 Å². The van der Waals surface area contributed by atoms with Crippen LogP contribution >= 0.6 is 11.3 Å². The van der Waals surface area contributed by atoms with Crippen LogP contribution in [0.2, 0.25) is 0 Å². The van der Waals surface area contributed by atoms with Gasteiger partial charge in [-0.05, 0) is 60.8 Å². The molecule has 0 radical (unpaired) electrons. The zero-order chi connectivity index (χ0) is 19.5. The third-order valence-electron chi connectivity index (χ3n) is 5.33. The minimum Gasteiger partial charge on any atom is -0.368 e. The van der Waals surface area contributed by atoms with Gasteiger partial charge in [-0.2, -0.15) is 0 Å². The average Bonchev–Trinajstić information content (AvgIpc) is 3.47. The lowest BCUT2D eigenvalue weighted by Crippen LogP contribution is -2.36. The van der Waals surface area contributed by atoms with E-state index in [0.29, 0.717) is 17.4 Å². The number of nitrogens with one attached hydrogen (secondary N) is 2. The van der Waals surface area contributed by atoms with E-state index in [1.165, 1.54) is 29.5 Å². The predicted octanol–water partition coefficient (Wildman–Crippen LogP) is 2.00. The van der Waals surface area contributed by atoms with E-state index in [4.69, 9.17) is 4.98 Å². The van der Waals surface area contributed by atoms with Crippen molar-refractivity contribution in [1.82, 2.24) is 30.5 Å². The number of thiophene rings is 1. The van der Waals surface area contributed by atoms with Gasteiger partial charge in [-0.1, -0.05) is 19.6 Å². The molecule has 0 aromatic carbocycles. The molecule has 0 spiro atoms. The molecule has 0 saturated carbocycles. The van der Waals surface area contributed by atoms with Gasteiger partial charge in [0.15, 0.2) is 5.82 Å². The molecule has 0 bridgehead atoms. The number of hydrogen-bond acceptors (Lipinski definition) is 7. The van der Waals surface area contributed by atoms with Crippen LogP contribution < -0.4 is 15.9 Å². The molecule has 1 fully saturated rings. The fraction of sp³-hybridized carbons (Fsp3) is 0.400. The van der Waals surface area contributed by atoms with E-state index in [-0.39, 0.29) is 0 Å². The molecule has 1 aliphatic heterocycles. The number of fused-ring (bicyclic) bond motifs is 1. The highest BCUT2D eigenvalue weighted by atomic mass is 32.1. The predicted molar refractivity (Wildman–Crippen MR) is 115 cm³/mol. The monoisotopic (exact) mass is 395 g/mol. The third kappa shape index (κ3) is 3.57. The molecule has 4 rings (SSSR count). The Morgan fingerprint density at radius 2 is 2.39 bits per heavy atom. The number of anilines is 1. The molecule has 3 aromatic heterocycles. The Hall–Kier alpha value is -2.58. The standard InChI is InChI=1S/C20H25N7S/c1-4-15-17(11-13(3)19-23-25-26-24-19)22-20(16-8-10-28-18(15)16)21-12-14-7-6-9-27(14)5-2/h4,8,10-11,14H,3,5-7,9,12H2,1-2H3,(H,21,22)(H,23,24,25,26)/b15-4+,17-11+/t14-/m1/s1. The Bertz CT molecular complexity index is 1080. The van der Waals surface area contributed by atoms with Crippen LogP contribution in [0.4, 0.5) is 5.82 Å². The number of hydrogen-bond donors (Lipinski definition) is 2. The first-order chi connectivity index (χ1) is 13.7. The lowest BCUT2D eigenvalue weighted by atomic mass is 10.2. The summed E-state index contributed by atoms with van der Waals surface area (Å²) >= 11 is 1.74. The maximum absolute atomic E-state index is 4.95. The Balaban J connectivity index is 1.73. The van der Waals surface area contributed by atoms with E-state index in [0.717, 1.165) is 29.5 Å². The molecule has 1 saturated heterocycles. The minimum atomic E-state index is 0.550. The van der Waals surface area contributed by atoms with Crippen molar-refractivity contribution in [3.05, 3.63) is 34.4 Å². The molecule has 0 amide bonds. The molecule has 146 valence electrons. The van der Waals surface area contributed by atoms with Crippen LogP contribution in [0.3, 0.4) is 0 Å². The molecule has 1 aliphatic rings. The molecule has 28 heavy (non-hydrogen) atoms. The van der Waals surface area contributed by atoms with Crippen molar-refractivity contribution in [1.29, 1.82) is 0 Å². The quantitative estimate of drug-likeness (QED) is 0.664. The largest absolute Gasteiger partial charge is 0.368 e. The highest BCUT2D eigenvalue weighted by Crippen LogP contribution is 2.24. The molecule has 0 aliphatic carbocycles. The molecule has 4 heterocycles. The number of likely N-dealkylation sites (tertiary alicyclic amines) is 1. The van der Waals surface area contributed by atoms with Crippen LogP contribution in [0.5, 0.6) is 0 Å². The van der Waals surface area contributed by atoms with E-state index in [1.54, 1.807) is 11.3 Å². The molecule has 3 aromatic rings. The van der Waals surface area contributed by atoms with Gasteiger partial charge in [0.05, 0.1) is 5.35 Å². The van der Waals surface area contributed by atoms with Gasteiger partial charge < -0.3 is 5.32 Å². The molecular weight excluding hydrogens is 370 g/mol. The number of aromatic nitrogens is 5. The van der Waals surface area contributed by atoms with Gasteiger partial charge in [-0.15, -0.1) is 16.4 Å². The van der Waals surface area contributed by atoms with E-state index in [2.05, 4.69) is 61.9 Å². The SMILES string of the molecule is C=C(/C=c1/nc(NC[C@H]2CCCN2CC)c2ccsc2/c1=C/C)c1nnn[nH]1. The van der Waals surface area contributed by atoms with Gasteiger partial charge >= 0.3 is 0 Å². The van der Waals surface area contributed by atoms with E-state index in [9.17, 15) is 0 Å². The Morgan fingerprint density at radius 1 is 1.50 bits per heavy atom. The number of allylic oxidation sites excluding steroid dienone is 1. The zero-order valence-corrected chi connectivity index (χ0v) is 17.1. The Kier molecular flexibility index (Phi) is 5.50. The van der Waals surface area contributed by atoms with E-state index in [1.807, 2.05) is 13.0 Å². The summed E-state index contributed by atoms with van der Waals surface area (Å²) in [7, 11) is 0. The summed E-state index contributed by atoms with van der Waals surface area (Å²) in [5.74, 6) is 1.48. The van der Waals surface area contributed by atoms with E-state index < -0.39 is 0 Å². The van der Waals surface area contributed by atoms with Crippen LogP contribution in [0, 0.1) is 0 Å². The summed E-state index contributed by atoms with van der Waals surface area (Å²) in [4.78, 5) is 7.49. The first kappa shape index (κ1) is 18.8. The molecular formula is C20H25N7S. The lowest BCUT2D eigenvalue weighted by molar-refractivity contribution is 0.277. The number of H-pyrrole nitrogens is 1. The van der Waals surface area contributed by atoms with Crippen LogP contribution in [0.1, 0.15) is 32.5 Å². The molecule has 2 N–H and O–H groups in total. The van der Waals surface area contributed by atoms with Crippen molar-refractivity contribution in [2.45, 2.75) is 32.7 Å². The number of nitrogens with zero attached hydrogens (tertiary/aromatic N) is 5. The molecule has 8 heteroatoms. The average molecular weight is 396 g/mol. The first-order valence-electron chi connectivity index (χ1n) is 9.67. The van der Waals surface area contributed by atoms with Gasteiger partial charge in [0, 0.05) is 33.5 Å². The highest BCUT2D eigenvalue weighted by Gasteiger charge is 2.23. The van der Waals surface area contributed by atoms with Gasteiger partial charge in [0.2, 0.25) is 0 Å². The van der Waals surface area contributed by atoms with Gasteiger partial charge in [0.25, 0.3) is 0 Å². The van der Waals surface area contributed by atoms with Crippen LogP contribution in [-0.4, -0.2) is 56.2 Å². The van der Waals surface area contributed by atoms with Gasteiger partial charge in [-0.25, -0.2) is 10.1 Å². The maximum atomic E-state index is 4.95. The normalized spacial score (nSPS) is 19.0. The Labute approximate surface area is 167 Å². The van der Waals surface area contributed by atoms with Crippen LogP contribution in [-0.2, 0) is 0 Å². The van der Waals surface area contributed by atoms with Crippen LogP contribution in [0.15, 0.2) is 18.0 Å². The van der Waals surface area contributed by atoms with E-state index >= 15 is 0 Å². The smallest absolute Gasteiger partial charge is 0.178 e. The summed E-state index contributed by atoms with van der Waals surface area (Å²) in [5, 5.41) is 22.9. The molecule has 1 atom stereocenters. The Morgan fingerprint density at radius 3 is 3.14 bits per heavy atom. The zero-order valence-electron chi connectivity index (χ0n) is 16.3. The first-order valence-corrected chi connectivity index (χ1v) is 10.6. The van der Waals surface area contributed by atoms with Gasteiger partial charge in [-0.3, -0.25) is 4.90 Å². The van der Waals surface area contributed by atoms with Crippen molar-refractivity contribution < 1.29 is 0 Å². The number of aromatic amines is 1. The number of tetrazole rings is 1. The second-order valence-electron chi connectivity index (χ2n) is 6.94. The molecule has 7 nitrogen and oxygen atoms in total. The fourth-order valence-corrected chi connectivity index (χ4v) is 4.85. The molecule has 0 unspecified atom stereocenters. The lowest BCUT2D eigenvalue weighted by Gasteiger charge is -2.23. The van der Waals surface area contributed by atoms with Crippen molar-refractivity contribution >= 4 is 45.0 Å². The van der Waals surface area contributed by atoms with Crippen LogP contribution in [0.25, 0.3) is 27.8 Å². The summed E-state index contributed by atoms with van der Waals surface area (Å²) in [6.45, 7) is 11.6. The van der Waals surface area contributed by atoms with Gasteiger partial charge in [0.1, 0.15) is 5.82 Å². The van der Waals surface area contributed by atoms with Crippen molar-refractivity contribution in [2.24, 2.45) is 0 Å². The highest BCUT2D eigenvalue weighted by molar-refractivity contribution is 7.17. The summed E-state index contributed by atoms with van der Waals surface area (Å²) in [5.41, 5.74) is 0.704. The fourth-order valence-electron chi connectivity index (χ4n) is 3.87. The summed E-state index contributed by atoms with van der Waals surface area (Å²) in [6.07, 6.45) is 6.55. The second kappa shape index (κ2) is 8.20. The number of pyridine rings is 1. The summed E-state index contributed by atoms with van der Waals surface area (Å²) in [6, 6.07) is 2.72. The number of rotatable bonds is 6. The topological polar surface area (TPSA) is 82.6 Å². The second-order valence-corrected chi connectivity index (χ2v) is 7.85. The van der Waals surface area contributed by atoms with Crippen molar-refractivity contribution in [3.63, 3.8) is 0 Å². The van der Waals surface area contributed by atoms with Crippen molar-refractivity contribution in [3.8, 4) is 0 Å². The summed E-state index contributed by atoms with van der Waals surface area (Å²) < 4.78 is 1.23.